The monoisotopic (exact) mass is 228 g/mol. The molecule has 2 unspecified atom stereocenters. The minimum atomic E-state index is 0.0343. The molecule has 1 rings (SSSR count). The van der Waals surface area contributed by atoms with Gasteiger partial charge in [-0.2, -0.15) is 0 Å². The number of nitrogens with one attached hydrogen (secondary N) is 1. The van der Waals surface area contributed by atoms with E-state index in [2.05, 4.69) is 12.2 Å². The molecule has 0 saturated carbocycles. The Morgan fingerprint density at radius 2 is 2.19 bits per heavy atom. The highest BCUT2D eigenvalue weighted by Crippen LogP contribution is 2.14. The molecule has 0 aromatic heterocycles. The largest absolute Gasteiger partial charge is 0.382 e. The molecule has 94 valence electrons. The van der Waals surface area contributed by atoms with Crippen LogP contribution >= 0.6 is 0 Å². The van der Waals surface area contributed by atoms with Gasteiger partial charge in [-0.15, -0.1) is 0 Å². The van der Waals surface area contributed by atoms with E-state index in [1.165, 1.54) is 0 Å². The fraction of sp³-hybridized carbons (Fsp3) is 0.917. The highest BCUT2D eigenvalue weighted by molar-refractivity contribution is 5.84. The molecule has 0 radical (unpaired) electrons. The summed E-state index contributed by atoms with van der Waals surface area (Å²) in [6.45, 7) is 8.44. The maximum Gasteiger partial charge on any atom is 0.241 e. The summed E-state index contributed by atoms with van der Waals surface area (Å²) < 4.78 is 5.28. The van der Waals surface area contributed by atoms with Crippen LogP contribution in [0.2, 0.25) is 0 Å². The minimum absolute atomic E-state index is 0.0343. The topological polar surface area (TPSA) is 41.6 Å². The van der Waals surface area contributed by atoms with Gasteiger partial charge in [0, 0.05) is 19.8 Å². The Balaban J connectivity index is 2.32. The number of carbonyl (C=O) groups is 1. The van der Waals surface area contributed by atoms with Crippen molar-refractivity contribution in [3.05, 3.63) is 0 Å². The number of carbonyl (C=O) groups excluding carboxylic acids is 1. The normalized spacial score (nSPS) is 25.4. The molecule has 1 fully saturated rings. The van der Waals surface area contributed by atoms with Crippen LogP contribution in [-0.2, 0) is 9.53 Å². The second-order valence-corrected chi connectivity index (χ2v) is 4.27. The van der Waals surface area contributed by atoms with E-state index in [1.54, 1.807) is 0 Å². The number of hydrogen-bond acceptors (Lipinski definition) is 3. The number of amides is 1. The van der Waals surface area contributed by atoms with Gasteiger partial charge in [0.05, 0.1) is 12.2 Å². The lowest BCUT2D eigenvalue weighted by Crippen LogP contribution is -2.35. The van der Waals surface area contributed by atoms with Crippen molar-refractivity contribution in [3.8, 4) is 0 Å². The molecule has 1 aliphatic rings. The number of nitrogens with zero attached hydrogens (tertiary/aromatic N) is 1. The summed E-state index contributed by atoms with van der Waals surface area (Å²) in [5.74, 6) is 0.255. The molecule has 1 amide bonds. The summed E-state index contributed by atoms with van der Waals surface area (Å²) in [6, 6.07) is 0.0343. The molecular weight excluding hydrogens is 204 g/mol. The average molecular weight is 228 g/mol. The maximum absolute atomic E-state index is 12.0. The van der Waals surface area contributed by atoms with E-state index < -0.39 is 0 Å². The molecule has 1 saturated heterocycles. The van der Waals surface area contributed by atoms with E-state index in [4.69, 9.17) is 4.74 Å². The Labute approximate surface area is 98.3 Å². The molecule has 1 N–H and O–H groups in total. The molecular formula is C12H24N2O2. The molecule has 0 bridgehead atoms. The van der Waals surface area contributed by atoms with Crippen molar-refractivity contribution in [1.29, 1.82) is 0 Å². The zero-order chi connectivity index (χ0) is 12.0. The third-order valence-electron chi connectivity index (χ3n) is 2.96. The summed E-state index contributed by atoms with van der Waals surface area (Å²) in [5, 5.41) is 3.33. The number of ether oxygens (including phenoxy) is 1. The SMILES string of the molecule is CCCC1NC(C)N(CCCOCC)C1=O. The molecule has 0 spiro atoms. The lowest BCUT2D eigenvalue weighted by Gasteiger charge is -2.20. The molecule has 1 aliphatic heterocycles. The quantitative estimate of drug-likeness (QED) is 0.669. The van der Waals surface area contributed by atoms with Crippen molar-refractivity contribution in [3.63, 3.8) is 0 Å². The van der Waals surface area contributed by atoms with Crippen molar-refractivity contribution in [1.82, 2.24) is 10.2 Å². The molecule has 4 nitrogen and oxygen atoms in total. The van der Waals surface area contributed by atoms with E-state index >= 15 is 0 Å². The van der Waals surface area contributed by atoms with Crippen LogP contribution in [0.1, 0.15) is 40.0 Å². The Morgan fingerprint density at radius 3 is 2.81 bits per heavy atom. The van der Waals surface area contributed by atoms with E-state index in [0.29, 0.717) is 0 Å². The summed E-state index contributed by atoms with van der Waals surface area (Å²) in [6.07, 6.45) is 3.07. The van der Waals surface area contributed by atoms with Crippen molar-refractivity contribution in [2.75, 3.05) is 19.8 Å². The van der Waals surface area contributed by atoms with E-state index in [1.807, 2.05) is 18.7 Å². The van der Waals surface area contributed by atoms with Crippen molar-refractivity contribution in [2.45, 2.75) is 52.2 Å². The van der Waals surface area contributed by atoms with Crippen molar-refractivity contribution < 1.29 is 9.53 Å². The van der Waals surface area contributed by atoms with E-state index in [-0.39, 0.29) is 18.1 Å². The predicted molar refractivity (Wildman–Crippen MR) is 64.1 cm³/mol. The smallest absolute Gasteiger partial charge is 0.241 e. The van der Waals surface area contributed by atoms with Gasteiger partial charge in [-0.05, 0) is 26.7 Å². The van der Waals surface area contributed by atoms with Gasteiger partial charge >= 0.3 is 0 Å². The lowest BCUT2D eigenvalue weighted by atomic mass is 10.2. The lowest BCUT2D eigenvalue weighted by molar-refractivity contribution is -0.130. The first-order valence-corrected chi connectivity index (χ1v) is 6.35. The highest BCUT2D eigenvalue weighted by Gasteiger charge is 2.34. The third-order valence-corrected chi connectivity index (χ3v) is 2.96. The van der Waals surface area contributed by atoms with Gasteiger partial charge in [-0.25, -0.2) is 0 Å². The summed E-state index contributed by atoms with van der Waals surface area (Å²) in [7, 11) is 0. The predicted octanol–water partition coefficient (Wildman–Crippen LogP) is 1.36. The van der Waals surface area contributed by atoms with E-state index in [9.17, 15) is 4.79 Å². The zero-order valence-corrected chi connectivity index (χ0v) is 10.7. The Bertz CT molecular complexity index is 221. The van der Waals surface area contributed by atoms with Gasteiger partial charge in [0.1, 0.15) is 0 Å². The van der Waals surface area contributed by atoms with Crippen molar-refractivity contribution in [2.24, 2.45) is 0 Å². The van der Waals surface area contributed by atoms with Gasteiger partial charge < -0.3 is 9.64 Å². The van der Waals surface area contributed by atoms with Gasteiger partial charge in [0.15, 0.2) is 0 Å². The molecule has 4 heteroatoms. The fourth-order valence-corrected chi connectivity index (χ4v) is 2.12. The van der Waals surface area contributed by atoms with Crippen LogP contribution in [0.5, 0.6) is 0 Å². The van der Waals surface area contributed by atoms with Crippen LogP contribution in [0.3, 0.4) is 0 Å². The molecule has 0 aliphatic carbocycles. The molecule has 0 aromatic rings. The standard InChI is InChI=1S/C12H24N2O2/c1-4-7-11-12(15)14(10(3)13-11)8-6-9-16-5-2/h10-11,13H,4-9H2,1-3H3. The first-order valence-electron chi connectivity index (χ1n) is 6.35. The first kappa shape index (κ1) is 13.5. The first-order chi connectivity index (χ1) is 7.70. The molecule has 2 atom stereocenters. The van der Waals surface area contributed by atoms with E-state index in [0.717, 1.165) is 39.0 Å². The van der Waals surface area contributed by atoms with Gasteiger partial charge in [-0.3, -0.25) is 10.1 Å². The van der Waals surface area contributed by atoms with Crippen LogP contribution < -0.4 is 5.32 Å². The molecule has 0 aromatic carbocycles. The van der Waals surface area contributed by atoms with Crippen LogP contribution in [-0.4, -0.2) is 42.8 Å². The Kier molecular flexibility index (Phi) is 5.77. The summed E-state index contributed by atoms with van der Waals surface area (Å²) in [4.78, 5) is 13.9. The zero-order valence-electron chi connectivity index (χ0n) is 10.7. The average Bonchev–Trinajstić information content (AvgIpc) is 2.52. The molecule has 1 heterocycles. The van der Waals surface area contributed by atoms with Gasteiger partial charge in [0.2, 0.25) is 5.91 Å². The summed E-state index contributed by atoms with van der Waals surface area (Å²) >= 11 is 0. The number of hydrogen-bond donors (Lipinski definition) is 1. The van der Waals surface area contributed by atoms with Crippen LogP contribution in [0, 0.1) is 0 Å². The minimum Gasteiger partial charge on any atom is -0.382 e. The second kappa shape index (κ2) is 6.86. The third kappa shape index (κ3) is 3.46. The van der Waals surface area contributed by atoms with Crippen LogP contribution in [0.25, 0.3) is 0 Å². The maximum atomic E-state index is 12.0. The van der Waals surface area contributed by atoms with Crippen LogP contribution in [0.15, 0.2) is 0 Å². The van der Waals surface area contributed by atoms with Crippen LogP contribution in [0.4, 0.5) is 0 Å². The Morgan fingerprint density at radius 1 is 1.44 bits per heavy atom. The Hall–Kier alpha value is -0.610. The van der Waals surface area contributed by atoms with Gasteiger partial charge in [-0.1, -0.05) is 13.3 Å². The number of rotatable bonds is 7. The molecule has 16 heavy (non-hydrogen) atoms. The second-order valence-electron chi connectivity index (χ2n) is 4.27. The van der Waals surface area contributed by atoms with Crippen molar-refractivity contribution >= 4 is 5.91 Å². The van der Waals surface area contributed by atoms with Gasteiger partial charge in [0.25, 0.3) is 0 Å². The fourth-order valence-electron chi connectivity index (χ4n) is 2.12. The highest BCUT2D eigenvalue weighted by atomic mass is 16.5. The summed E-state index contributed by atoms with van der Waals surface area (Å²) in [5.41, 5.74) is 0.